The molecule has 0 spiro atoms. The van der Waals surface area contributed by atoms with Gasteiger partial charge in [0.15, 0.2) is 0 Å². The fourth-order valence-corrected chi connectivity index (χ4v) is 6.31. The predicted octanol–water partition coefficient (Wildman–Crippen LogP) is 6.77. The molecule has 214 valence electrons. The zero-order valence-corrected chi connectivity index (χ0v) is 25.1. The highest BCUT2D eigenvalue weighted by molar-refractivity contribution is 7.15. The van der Waals surface area contributed by atoms with E-state index in [0.717, 1.165) is 65.1 Å². The van der Waals surface area contributed by atoms with Crippen LogP contribution < -0.4 is 9.64 Å². The van der Waals surface area contributed by atoms with Crippen LogP contribution in [0.2, 0.25) is 0 Å². The maximum Gasteiger partial charge on any atom is 0.410 e. The third kappa shape index (κ3) is 6.74. The standard InChI is InChI=1S/C31H41N5O3S/c1-21(28-18-34-29(40-28)23-14-26(38-5)17-32-15-23)27-12-11-24(16-33-27)35-13-7-10-25(20-35)36(19-22-8-6-9-22)30(37)39-31(2,3)4/h11-12,14-18,21-22,25H,6-10,13,19-20H2,1-5H3/t21?,25-/m1/s1. The molecule has 1 aliphatic heterocycles. The first-order chi connectivity index (χ1) is 19.2. The van der Waals surface area contributed by atoms with Crippen LogP contribution in [-0.4, -0.2) is 64.3 Å². The van der Waals surface area contributed by atoms with Gasteiger partial charge in [0.1, 0.15) is 16.4 Å². The van der Waals surface area contributed by atoms with Crippen molar-refractivity contribution in [3.63, 3.8) is 0 Å². The topological polar surface area (TPSA) is 80.7 Å². The quantitative estimate of drug-likeness (QED) is 0.299. The summed E-state index contributed by atoms with van der Waals surface area (Å²) in [6, 6.07) is 6.38. The van der Waals surface area contributed by atoms with Crippen molar-refractivity contribution in [1.29, 1.82) is 0 Å². The number of hydrogen-bond donors (Lipinski definition) is 0. The number of amides is 1. The molecule has 5 rings (SSSR count). The summed E-state index contributed by atoms with van der Waals surface area (Å²) in [5.74, 6) is 1.44. The molecule has 0 bridgehead atoms. The van der Waals surface area contributed by atoms with Crippen LogP contribution in [0, 0.1) is 5.92 Å². The Labute approximate surface area is 241 Å². The van der Waals surface area contributed by atoms with Crippen molar-refractivity contribution in [2.24, 2.45) is 5.92 Å². The minimum atomic E-state index is -0.497. The summed E-state index contributed by atoms with van der Waals surface area (Å²) in [7, 11) is 1.64. The predicted molar refractivity (Wildman–Crippen MR) is 159 cm³/mol. The van der Waals surface area contributed by atoms with E-state index in [-0.39, 0.29) is 18.1 Å². The van der Waals surface area contributed by atoms with Crippen LogP contribution in [0.5, 0.6) is 5.75 Å². The molecule has 40 heavy (non-hydrogen) atoms. The third-order valence-corrected chi connectivity index (χ3v) is 9.10. The second kappa shape index (κ2) is 12.1. The van der Waals surface area contributed by atoms with Gasteiger partial charge in [-0.15, -0.1) is 11.3 Å². The molecule has 3 aromatic rings. The second-order valence-corrected chi connectivity index (χ2v) is 13.1. The van der Waals surface area contributed by atoms with Crippen LogP contribution in [0.3, 0.4) is 0 Å². The zero-order chi connectivity index (χ0) is 28.3. The lowest BCUT2D eigenvalue weighted by atomic mass is 9.84. The SMILES string of the molecule is COc1cncc(-c2ncc(C(C)c3ccc(N4CCC[C@@H](N(CC5CCC5)C(=O)OC(C)(C)C)C4)cn3)s2)c1. The van der Waals surface area contributed by atoms with Crippen molar-refractivity contribution in [1.82, 2.24) is 19.9 Å². The highest BCUT2D eigenvalue weighted by Gasteiger charge is 2.34. The number of ether oxygens (including phenoxy) is 2. The van der Waals surface area contributed by atoms with E-state index in [4.69, 9.17) is 14.5 Å². The molecule has 0 N–H and O–H groups in total. The lowest BCUT2D eigenvalue weighted by Gasteiger charge is -2.43. The summed E-state index contributed by atoms with van der Waals surface area (Å²) in [5, 5.41) is 0.917. The van der Waals surface area contributed by atoms with Crippen LogP contribution >= 0.6 is 11.3 Å². The van der Waals surface area contributed by atoms with E-state index in [9.17, 15) is 4.79 Å². The number of aromatic nitrogens is 3. The second-order valence-electron chi connectivity index (χ2n) is 12.0. The van der Waals surface area contributed by atoms with E-state index >= 15 is 0 Å². The summed E-state index contributed by atoms with van der Waals surface area (Å²) in [6.45, 7) is 10.6. The van der Waals surface area contributed by atoms with E-state index in [0.29, 0.717) is 5.92 Å². The van der Waals surface area contributed by atoms with E-state index in [1.54, 1.807) is 24.6 Å². The monoisotopic (exact) mass is 563 g/mol. The summed E-state index contributed by atoms with van der Waals surface area (Å²) < 4.78 is 11.1. The first kappa shape index (κ1) is 28.3. The first-order valence-electron chi connectivity index (χ1n) is 14.4. The Balaban J connectivity index is 1.26. The average molecular weight is 564 g/mol. The zero-order valence-electron chi connectivity index (χ0n) is 24.3. The molecule has 1 saturated carbocycles. The molecule has 4 heterocycles. The van der Waals surface area contributed by atoms with Gasteiger partial charge in [0.2, 0.25) is 0 Å². The van der Waals surface area contributed by atoms with Gasteiger partial charge in [-0.05, 0) is 70.6 Å². The molecule has 0 radical (unpaired) electrons. The fraction of sp³-hybridized carbons (Fsp3) is 0.548. The highest BCUT2D eigenvalue weighted by Crippen LogP contribution is 2.34. The summed E-state index contributed by atoms with van der Waals surface area (Å²) >= 11 is 1.66. The number of thiazole rings is 1. The number of methoxy groups -OCH3 is 1. The van der Waals surface area contributed by atoms with Crippen LogP contribution in [-0.2, 0) is 4.74 Å². The Morgan fingerprint density at radius 3 is 2.62 bits per heavy atom. The molecule has 0 aromatic carbocycles. The van der Waals surface area contributed by atoms with Crippen LogP contribution in [0.25, 0.3) is 10.6 Å². The molecular weight excluding hydrogens is 522 g/mol. The van der Waals surface area contributed by atoms with Gasteiger partial charge in [-0.1, -0.05) is 13.3 Å². The maximum atomic E-state index is 13.2. The Kier molecular flexibility index (Phi) is 8.59. The highest BCUT2D eigenvalue weighted by atomic mass is 32.1. The van der Waals surface area contributed by atoms with Gasteiger partial charge in [-0.25, -0.2) is 9.78 Å². The molecule has 1 aliphatic carbocycles. The molecule has 3 aromatic heterocycles. The summed E-state index contributed by atoms with van der Waals surface area (Å²) in [5.41, 5.74) is 2.56. The van der Waals surface area contributed by atoms with Crippen molar-refractivity contribution in [2.75, 3.05) is 31.6 Å². The smallest absolute Gasteiger partial charge is 0.410 e. The number of pyridine rings is 2. The van der Waals surface area contributed by atoms with E-state index in [2.05, 4.69) is 33.9 Å². The van der Waals surface area contributed by atoms with Crippen LogP contribution in [0.15, 0.2) is 43.0 Å². The van der Waals surface area contributed by atoms with Crippen molar-refractivity contribution >= 4 is 23.1 Å². The van der Waals surface area contributed by atoms with Gasteiger partial charge in [-0.3, -0.25) is 9.97 Å². The Morgan fingerprint density at radius 2 is 1.95 bits per heavy atom. The van der Waals surface area contributed by atoms with Gasteiger partial charge in [0.05, 0.1) is 31.2 Å². The lowest BCUT2D eigenvalue weighted by molar-refractivity contribution is 0.00736. The number of carbonyl (C=O) groups is 1. The Hall–Kier alpha value is -3.20. The van der Waals surface area contributed by atoms with Crippen molar-refractivity contribution in [3.8, 4) is 16.3 Å². The van der Waals surface area contributed by atoms with Crippen molar-refractivity contribution in [3.05, 3.63) is 53.6 Å². The molecule has 2 atom stereocenters. The normalized spacial score (nSPS) is 18.6. The Morgan fingerprint density at radius 1 is 1.12 bits per heavy atom. The van der Waals surface area contributed by atoms with E-state index in [1.807, 2.05) is 50.3 Å². The number of piperidine rings is 1. The minimum absolute atomic E-state index is 0.123. The molecule has 1 amide bonds. The van der Waals surface area contributed by atoms with Gasteiger partial charge in [0.25, 0.3) is 0 Å². The molecule has 8 nitrogen and oxygen atoms in total. The molecule has 2 aliphatic rings. The van der Waals surface area contributed by atoms with E-state index in [1.165, 1.54) is 19.3 Å². The average Bonchev–Trinajstić information content (AvgIpc) is 3.42. The van der Waals surface area contributed by atoms with Gasteiger partial charge >= 0.3 is 6.09 Å². The van der Waals surface area contributed by atoms with Crippen molar-refractivity contribution < 1.29 is 14.3 Å². The van der Waals surface area contributed by atoms with E-state index < -0.39 is 5.60 Å². The maximum absolute atomic E-state index is 13.2. The summed E-state index contributed by atoms with van der Waals surface area (Å²) in [6.07, 6.45) is 13.0. The number of anilines is 1. The molecule has 2 fully saturated rings. The minimum Gasteiger partial charge on any atom is -0.495 e. The number of hydrogen-bond acceptors (Lipinski definition) is 8. The third-order valence-electron chi connectivity index (χ3n) is 7.87. The number of rotatable bonds is 8. The van der Waals surface area contributed by atoms with Gasteiger partial charge < -0.3 is 19.3 Å². The first-order valence-corrected chi connectivity index (χ1v) is 15.2. The Bertz CT molecular complexity index is 1280. The van der Waals surface area contributed by atoms with Gasteiger partial charge in [-0.2, -0.15) is 0 Å². The van der Waals surface area contributed by atoms with Crippen molar-refractivity contribution in [2.45, 2.75) is 77.4 Å². The van der Waals surface area contributed by atoms with Gasteiger partial charge in [0, 0.05) is 54.1 Å². The lowest BCUT2D eigenvalue weighted by Crippen LogP contribution is -2.53. The fourth-order valence-electron chi connectivity index (χ4n) is 5.34. The van der Waals surface area contributed by atoms with Crippen LogP contribution in [0.1, 0.15) is 76.3 Å². The molecule has 1 unspecified atom stereocenters. The largest absolute Gasteiger partial charge is 0.495 e. The number of nitrogens with zero attached hydrogens (tertiary/aromatic N) is 5. The molecule has 9 heteroatoms. The number of carbonyl (C=O) groups excluding carboxylic acids is 1. The van der Waals surface area contributed by atoms with Crippen LogP contribution in [0.4, 0.5) is 10.5 Å². The summed E-state index contributed by atoms with van der Waals surface area (Å²) in [4.78, 5) is 32.5. The molecule has 1 saturated heterocycles. The molecular formula is C31H41N5O3S.